The standard InChI is InChI=1S/C29H40N2O5.C2H6/c1-29(2,3)36-28(34)30-16-13-21(14-17-30)20-35-26-11-9-23(10-12-26)22-5-4-6-24(8-7-22)27(33)31-18-15-25(32)19-31;1-2/h7,9-12,21,24H,4-6,8,13-20H2,1-3H3;1-2H3. The number of ether oxygens (including phenoxy) is 2. The van der Waals surface area contributed by atoms with Crippen LogP contribution >= 0.6 is 0 Å². The molecule has 2 aliphatic heterocycles. The lowest BCUT2D eigenvalue weighted by molar-refractivity contribution is -0.135. The number of nitrogens with zero attached hydrogens (tertiary/aromatic N) is 2. The lowest BCUT2D eigenvalue weighted by Crippen LogP contribution is -2.42. The van der Waals surface area contributed by atoms with Gasteiger partial charge in [-0.05, 0) is 88.5 Å². The van der Waals surface area contributed by atoms with Crippen molar-refractivity contribution in [3.05, 3.63) is 35.9 Å². The van der Waals surface area contributed by atoms with Crippen LogP contribution in [0.25, 0.3) is 5.57 Å². The van der Waals surface area contributed by atoms with E-state index < -0.39 is 5.60 Å². The molecule has 3 aliphatic rings. The average Bonchev–Trinajstić information content (AvgIpc) is 3.19. The first-order valence-electron chi connectivity index (χ1n) is 14.4. The first-order valence-corrected chi connectivity index (χ1v) is 14.4. The molecule has 0 bridgehead atoms. The van der Waals surface area contributed by atoms with E-state index in [1.807, 2.05) is 46.8 Å². The third kappa shape index (κ3) is 8.60. The van der Waals surface area contributed by atoms with Crippen LogP contribution < -0.4 is 4.74 Å². The van der Waals surface area contributed by atoms with Crippen LogP contribution in [0, 0.1) is 11.8 Å². The van der Waals surface area contributed by atoms with E-state index in [2.05, 4.69) is 18.2 Å². The van der Waals surface area contributed by atoms with E-state index in [0.29, 0.717) is 38.6 Å². The van der Waals surface area contributed by atoms with Gasteiger partial charge in [-0.1, -0.05) is 32.1 Å². The summed E-state index contributed by atoms with van der Waals surface area (Å²) in [5, 5.41) is 0. The van der Waals surface area contributed by atoms with Gasteiger partial charge < -0.3 is 19.3 Å². The van der Waals surface area contributed by atoms with E-state index in [1.165, 1.54) is 11.1 Å². The summed E-state index contributed by atoms with van der Waals surface area (Å²) in [6, 6.07) is 8.26. The second kappa shape index (κ2) is 13.8. The maximum Gasteiger partial charge on any atom is 0.410 e. The highest BCUT2D eigenvalue weighted by Gasteiger charge is 2.30. The van der Waals surface area contributed by atoms with Gasteiger partial charge in [0, 0.05) is 32.0 Å². The molecule has 7 heteroatoms. The molecule has 1 aromatic carbocycles. The number of benzene rings is 1. The second-order valence-corrected chi connectivity index (χ2v) is 11.3. The molecule has 0 spiro atoms. The monoisotopic (exact) mass is 526 g/mol. The van der Waals surface area contributed by atoms with Crippen molar-refractivity contribution in [1.82, 2.24) is 9.80 Å². The highest BCUT2D eigenvalue weighted by Crippen LogP contribution is 2.31. The van der Waals surface area contributed by atoms with E-state index >= 15 is 0 Å². The normalized spacial score (nSPS) is 20.7. The molecule has 1 atom stereocenters. The highest BCUT2D eigenvalue weighted by molar-refractivity contribution is 5.90. The Labute approximate surface area is 228 Å². The number of carbonyl (C=O) groups excluding carboxylic acids is 3. The molecule has 2 saturated heterocycles. The van der Waals surface area contributed by atoms with Gasteiger partial charge in [0.1, 0.15) is 11.4 Å². The summed E-state index contributed by atoms with van der Waals surface area (Å²) in [4.78, 5) is 40.1. The fraction of sp³-hybridized carbons (Fsp3) is 0.645. The maximum absolute atomic E-state index is 12.8. The average molecular weight is 527 g/mol. The largest absolute Gasteiger partial charge is 0.493 e. The molecule has 2 heterocycles. The molecule has 0 N–H and O–H groups in total. The van der Waals surface area contributed by atoms with Crippen molar-refractivity contribution in [2.24, 2.45) is 11.8 Å². The Hall–Kier alpha value is -2.83. The van der Waals surface area contributed by atoms with E-state index in [1.54, 1.807) is 9.80 Å². The highest BCUT2D eigenvalue weighted by atomic mass is 16.6. The van der Waals surface area contributed by atoms with Crippen LogP contribution in [0.4, 0.5) is 4.79 Å². The number of hydrogen-bond acceptors (Lipinski definition) is 5. The first kappa shape index (κ1) is 29.7. The summed E-state index contributed by atoms with van der Waals surface area (Å²) in [5.74, 6) is 1.57. The summed E-state index contributed by atoms with van der Waals surface area (Å²) < 4.78 is 11.5. The molecule has 1 unspecified atom stereocenters. The Morgan fingerprint density at radius 2 is 1.63 bits per heavy atom. The van der Waals surface area contributed by atoms with Gasteiger partial charge in [-0.2, -0.15) is 0 Å². The Bertz CT molecular complexity index is 971. The number of hydrogen-bond donors (Lipinski definition) is 0. The minimum absolute atomic E-state index is 0.0160. The van der Waals surface area contributed by atoms with Crippen molar-refractivity contribution >= 4 is 23.4 Å². The summed E-state index contributed by atoms with van der Waals surface area (Å²) in [6.07, 6.45) is 7.85. The van der Waals surface area contributed by atoms with Crippen molar-refractivity contribution in [2.75, 3.05) is 32.8 Å². The van der Waals surface area contributed by atoms with Gasteiger partial charge in [0.15, 0.2) is 5.78 Å². The predicted molar refractivity (Wildman–Crippen MR) is 150 cm³/mol. The predicted octanol–water partition coefficient (Wildman–Crippen LogP) is 6.11. The number of amides is 2. The third-order valence-electron chi connectivity index (χ3n) is 7.31. The Balaban J connectivity index is 0.00000195. The Kier molecular flexibility index (Phi) is 10.8. The van der Waals surface area contributed by atoms with Crippen LogP contribution in [-0.4, -0.2) is 66.0 Å². The van der Waals surface area contributed by atoms with E-state index in [-0.39, 0.29) is 30.2 Å². The minimum atomic E-state index is -0.468. The van der Waals surface area contributed by atoms with Crippen molar-refractivity contribution in [3.63, 3.8) is 0 Å². The third-order valence-corrected chi connectivity index (χ3v) is 7.31. The van der Waals surface area contributed by atoms with Gasteiger partial charge in [-0.15, -0.1) is 0 Å². The number of allylic oxidation sites excluding steroid dienone is 2. The zero-order chi connectivity index (χ0) is 27.7. The van der Waals surface area contributed by atoms with Gasteiger partial charge in [-0.25, -0.2) is 4.79 Å². The Morgan fingerprint density at radius 1 is 0.947 bits per heavy atom. The van der Waals surface area contributed by atoms with Crippen LogP contribution in [0.15, 0.2) is 30.3 Å². The molecule has 2 fully saturated rings. The van der Waals surface area contributed by atoms with E-state index in [4.69, 9.17) is 9.47 Å². The molecule has 7 nitrogen and oxygen atoms in total. The molecular formula is C31H46N2O5. The zero-order valence-corrected chi connectivity index (χ0v) is 24.0. The first-order chi connectivity index (χ1) is 18.2. The fourth-order valence-electron chi connectivity index (χ4n) is 5.19. The maximum atomic E-state index is 12.8. The summed E-state index contributed by atoms with van der Waals surface area (Å²) in [6.45, 7) is 12.6. The smallest absolute Gasteiger partial charge is 0.410 e. The fourth-order valence-corrected chi connectivity index (χ4v) is 5.19. The minimum Gasteiger partial charge on any atom is -0.493 e. The van der Waals surface area contributed by atoms with Crippen molar-refractivity contribution in [2.45, 2.75) is 85.2 Å². The summed E-state index contributed by atoms with van der Waals surface area (Å²) in [7, 11) is 0. The van der Waals surface area contributed by atoms with Crippen molar-refractivity contribution in [1.29, 1.82) is 0 Å². The van der Waals surface area contributed by atoms with Gasteiger partial charge in [0.25, 0.3) is 0 Å². The van der Waals surface area contributed by atoms with Gasteiger partial charge in [0.05, 0.1) is 13.2 Å². The van der Waals surface area contributed by atoms with Crippen LogP contribution in [0.1, 0.15) is 85.1 Å². The quantitative estimate of drug-likeness (QED) is 0.462. The molecule has 210 valence electrons. The number of likely N-dealkylation sites (tertiary alicyclic amines) is 2. The van der Waals surface area contributed by atoms with Crippen molar-refractivity contribution < 1.29 is 23.9 Å². The number of Topliss-reactive ketones (excluding diaryl/α,β-unsaturated/α-hetero) is 1. The SMILES string of the molecule is CC.CC(C)(C)OC(=O)N1CCC(COc2ccc(C3=CCC(C(=O)N4CCC(=O)C4)CCC3)cc2)CC1. The molecule has 1 aliphatic carbocycles. The van der Waals surface area contributed by atoms with Crippen LogP contribution in [0.2, 0.25) is 0 Å². The molecule has 4 rings (SSSR count). The lowest BCUT2D eigenvalue weighted by atomic mass is 9.98. The lowest BCUT2D eigenvalue weighted by Gasteiger charge is -2.33. The van der Waals surface area contributed by atoms with E-state index in [0.717, 1.165) is 44.3 Å². The van der Waals surface area contributed by atoms with Gasteiger partial charge in [0.2, 0.25) is 5.91 Å². The molecule has 0 aromatic heterocycles. The summed E-state index contributed by atoms with van der Waals surface area (Å²) in [5.41, 5.74) is 1.99. The van der Waals surface area contributed by atoms with Crippen LogP contribution in [0.3, 0.4) is 0 Å². The Morgan fingerprint density at radius 3 is 2.24 bits per heavy atom. The molecule has 2 amide bonds. The van der Waals surface area contributed by atoms with Gasteiger partial charge >= 0.3 is 6.09 Å². The van der Waals surface area contributed by atoms with Crippen LogP contribution in [0.5, 0.6) is 5.75 Å². The summed E-state index contributed by atoms with van der Waals surface area (Å²) >= 11 is 0. The number of ketones is 1. The topological polar surface area (TPSA) is 76.2 Å². The van der Waals surface area contributed by atoms with Gasteiger partial charge in [-0.3, -0.25) is 9.59 Å². The van der Waals surface area contributed by atoms with E-state index in [9.17, 15) is 14.4 Å². The number of piperidine rings is 1. The zero-order valence-electron chi connectivity index (χ0n) is 24.0. The molecule has 1 aromatic rings. The van der Waals surface area contributed by atoms with Crippen molar-refractivity contribution in [3.8, 4) is 5.75 Å². The van der Waals surface area contributed by atoms with Crippen LogP contribution in [-0.2, 0) is 14.3 Å². The number of rotatable bonds is 5. The molecule has 38 heavy (non-hydrogen) atoms. The number of carbonyl (C=O) groups is 3. The molecule has 0 radical (unpaired) electrons. The molecular weight excluding hydrogens is 480 g/mol. The second-order valence-electron chi connectivity index (χ2n) is 11.3. The molecule has 0 saturated carbocycles.